The molecule has 0 fully saturated rings. The molecule has 4 heterocycles. The quantitative estimate of drug-likeness (QED) is 0.549. The minimum atomic E-state index is -0.258. The van der Waals surface area contributed by atoms with Crippen molar-refractivity contribution in [2.75, 3.05) is 19.0 Å². The SMILES string of the molecule is COCC(C)(C)n1cc(Nc2nc(-c3ccoc3)nc3cn[nH]c23)cn1. The summed E-state index contributed by atoms with van der Waals surface area (Å²) in [4.78, 5) is 9.11. The monoisotopic (exact) mass is 353 g/mol. The van der Waals surface area contributed by atoms with Crippen LogP contribution in [0.5, 0.6) is 0 Å². The molecule has 0 unspecified atom stereocenters. The van der Waals surface area contributed by atoms with Crippen molar-refractivity contribution in [2.24, 2.45) is 0 Å². The predicted molar refractivity (Wildman–Crippen MR) is 96.1 cm³/mol. The largest absolute Gasteiger partial charge is 0.472 e. The lowest BCUT2D eigenvalue weighted by atomic mass is 10.1. The molecular formula is C17H19N7O2. The normalized spacial score (nSPS) is 12.0. The average Bonchev–Trinajstić information content (AvgIpc) is 3.36. The van der Waals surface area contributed by atoms with Gasteiger partial charge >= 0.3 is 0 Å². The molecule has 26 heavy (non-hydrogen) atoms. The summed E-state index contributed by atoms with van der Waals surface area (Å²) in [5, 5.41) is 14.7. The summed E-state index contributed by atoms with van der Waals surface area (Å²) in [6, 6.07) is 1.82. The number of methoxy groups -OCH3 is 1. The van der Waals surface area contributed by atoms with Crippen LogP contribution in [0.1, 0.15) is 13.8 Å². The number of hydrogen-bond acceptors (Lipinski definition) is 7. The summed E-state index contributed by atoms with van der Waals surface area (Å²) in [7, 11) is 1.68. The van der Waals surface area contributed by atoms with Crippen LogP contribution in [0.15, 0.2) is 41.6 Å². The zero-order valence-corrected chi connectivity index (χ0v) is 14.7. The smallest absolute Gasteiger partial charge is 0.165 e. The van der Waals surface area contributed by atoms with E-state index in [9.17, 15) is 0 Å². The van der Waals surface area contributed by atoms with Crippen molar-refractivity contribution < 1.29 is 9.15 Å². The number of fused-ring (bicyclic) bond motifs is 1. The van der Waals surface area contributed by atoms with Gasteiger partial charge in [0.25, 0.3) is 0 Å². The summed E-state index contributed by atoms with van der Waals surface area (Å²) < 4.78 is 12.3. The summed E-state index contributed by atoms with van der Waals surface area (Å²) >= 11 is 0. The number of ether oxygens (including phenoxy) is 1. The Morgan fingerprint density at radius 2 is 2.19 bits per heavy atom. The molecule has 0 saturated carbocycles. The standard InChI is InChI=1S/C17H19N7O2/c1-17(2,10-25-3)24-8-12(6-19-24)20-16-14-13(7-18-23-14)21-15(22-16)11-4-5-26-9-11/h4-9H,10H2,1-3H3,(H,18,23)(H,20,21,22). The molecule has 0 spiro atoms. The van der Waals surface area contributed by atoms with Crippen LogP contribution in [0.4, 0.5) is 11.5 Å². The second kappa shape index (κ2) is 6.26. The van der Waals surface area contributed by atoms with Crippen LogP contribution in [0.25, 0.3) is 22.4 Å². The minimum absolute atomic E-state index is 0.258. The third-order valence-corrected chi connectivity index (χ3v) is 4.04. The lowest BCUT2D eigenvalue weighted by Gasteiger charge is -2.24. The van der Waals surface area contributed by atoms with E-state index in [1.165, 1.54) is 0 Å². The average molecular weight is 353 g/mol. The fraction of sp³-hybridized carbons (Fsp3) is 0.294. The lowest BCUT2D eigenvalue weighted by Crippen LogP contribution is -2.31. The van der Waals surface area contributed by atoms with Crippen LogP contribution in [0, 0.1) is 0 Å². The highest BCUT2D eigenvalue weighted by Crippen LogP contribution is 2.26. The van der Waals surface area contributed by atoms with Crippen molar-refractivity contribution in [1.82, 2.24) is 29.9 Å². The number of aromatic amines is 1. The van der Waals surface area contributed by atoms with E-state index in [4.69, 9.17) is 9.15 Å². The second-order valence-electron chi connectivity index (χ2n) is 6.58. The van der Waals surface area contributed by atoms with Gasteiger partial charge in [0.15, 0.2) is 11.6 Å². The lowest BCUT2D eigenvalue weighted by molar-refractivity contribution is 0.101. The Kier molecular flexibility index (Phi) is 3.92. The van der Waals surface area contributed by atoms with E-state index in [-0.39, 0.29) is 5.54 Å². The Morgan fingerprint density at radius 1 is 1.31 bits per heavy atom. The Labute approximate surface area is 149 Å². The van der Waals surface area contributed by atoms with Crippen LogP contribution in [0.3, 0.4) is 0 Å². The number of hydrogen-bond donors (Lipinski definition) is 2. The maximum absolute atomic E-state index is 5.27. The fourth-order valence-electron chi connectivity index (χ4n) is 2.73. The summed E-state index contributed by atoms with van der Waals surface area (Å²) in [6.07, 6.45) is 8.53. The predicted octanol–water partition coefficient (Wildman–Crippen LogP) is 2.93. The minimum Gasteiger partial charge on any atom is -0.472 e. The van der Waals surface area contributed by atoms with Gasteiger partial charge in [0.2, 0.25) is 0 Å². The summed E-state index contributed by atoms with van der Waals surface area (Å²) in [5.74, 6) is 1.18. The molecule has 0 bridgehead atoms. The number of rotatable bonds is 6. The molecule has 4 aromatic rings. The van der Waals surface area contributed by atoms with E-state index in [2.05, 4.69) is 44.4 Å². The van der Waals surface area contributed by atoms with Crippen molar-refractivity contribution in [1.29, 1.82) is 0 Å². The van der Waals surface area contributed by atoms with Gasteiger partial charge in [-0.25, -0.2) is 9.97 Å². The van der Waals surface area contributed by atoms with Crippen molar-refractivity contribution in [3.05, 3.63) is 37.2 Å². The van der Waals surface area contributed by atoms with E-state index in [0.717, 1.165) is 16.8 Å². The van der Waals surface area contributed by atoms with Gasteiger partial charge in [0, 0.05) is 13.3 Å². The van der Waals surface area contributed by atoms with Gasteiger partial charge in [0.05, 0.1) is 42.1 Å². The number of H-pyrrole nitrogens is 1. The molecule has 0 aliphatic carbocycles. The molecule has 0 radical (unpaired) electrons. The van der Waals surface area contributed by atoms with Crippen molar-refractivity contribution in [3.8, 4) is 11.4 Å². The first-order chi connectivity index (χ1) is 12.6. The molecule has 9 heteroatoms. The first-order valence-electron chi connectivity index (χ1n) is 8.11. The van der Waals surface area contributed by atoms with Crippen LogP contribution in [0.2, 0.25) is 0 Å². The maximum atomic E-state index is 5.27. The van der Waals surface area contributed by atoms with Gasteiger partial charge in [-0.1, -0.05) is 0 Å². The molecular weight excluding hydrogens is 334 g/mol. The molecule has 0 aromatic carbocycles. The Bertz CT molecular complexity index is 1020. The summed E-state index contributed by atoms with van der Waals surface area (Å²) in [6.45, 7) is 4.67. The molecule has 0 amide bonds. The maximum Gasteiger partial charge on any atom is 0.165 e. The Morgan fingerprint density at radius 3 is 2.96 bits per heavy atom. The molecule has 134 valence electrons. The van der Waals surface area contributed by atoms with Crippen LogP contribution < -0.4 is 5.32 Å². The Balaban J connectivity index is 1.69. The number of furan rings is 1. The molecule has 2 N–H and O–H groups in total. The van der Waals surface area contributed by atoms with Crippen molar-refractivity contribution in [3.63, 3.8) is 0 Å². The number of nitrogens with one attached hydrogen (secondary N) is 2. The van der Waals surface area contributed by atoms with Gasteiger partial charge in [0.1, 0.15) is 17.3 Å². The third kappa shape index (κ3) is 2.93. The Hall–Kier alpha value is -3.20. The highest BCUT2D eigenvalue weighted by molar-refractivity contribution is 5.88. The van der Waals surface area contributed by atoms with Gasteiger partial charge in [-0.3, -0.25) is 9.78 Å². The molecule has 9 nitrogen and oxygen atoms in total. The van der Waals surface area contributed by atoms with Crippen LogP contribution >= 0.6 is 0 Å². The van der Waals surface area contributed by atoms with Gasteiger partial charge < -0.3 is 14.5 Å². The number of aromatic nitrogens is 6. The van der Waals surface area contributed by atoms with E-state index in [0.29, 0.717) is 23.8 Å². The molecule has 4 rings (SSSR count). The zero-order chi connectivity index (χ0) is 18.1. The van der Waals surface area contributed by atoms with Crippen molar-refractivity contribution in [2.45, 2.75) is 19.4 Å². The third-order valence-electron chi connectivity index (χ3n) is 4.04. The highest BCUT2D eigenvalue weighted by atomic mass is 16.5. The van der Waals surface area contributed by atoms with Gasteiger partial charge in [-0.15, -0.1) is 0 Å². The van der Waals surface area contributed by atoms with E-state index in [1.54, 1.807) is 32.0 Å². The number of nitrogens with zero attached hydrogens (tertiary/aromatic N) is 5. The first-order valence-corrected chi connectivity index (χ1v) is 8.11. The molecule has 0 aliphatic heterocycles. The van der Waals surface area contributed by atoms with Gasteiger partial charge in [-0.2, -0.15) is 10.2 Å². The van der Waals surface area contributed by atoms with E-state index >= 15 is 0 Å². The molecule has 4 aromatic heterocycles. The fourth-order valence-corrected chi connectivity index (χ4v) is 2.73. The first kappa shape index (κ1) is 16.3. The topological polar surface area (TPSA) is 107 Å². The van der Waals surface area contributed by atoms with Crippen LogP contribution in [-0.2, 0) is 10.3 Å². The second-order valence-corrected chi connectivity index (χ2v) is 6.58. The molecule has 0 atom stereocenters. The van der Waals surface area contributed by atoms with E-state index < -0.39 is 0 Å². The summed E-state index contributed by atoms with van der Waals surface area (Å²) in [5.41, 5.74) is 2.79. The van der Waals surface area contributed by atoms with Crippen molar-refractivity contribution >= 4 is 22.5 Å². The highest BCUT2D eigenvalue weighted by Gasteiger charge is 2.21. The van der Waals surface area contributed by atoms with Gasteiger partial charge in [-0.05, 0) is 19.9 Å². The molecule has 0 saturated heterocycles. The number of anilines is 2. The van der Waals surface area contributed by atoms with E-state index in [1.807, 2.05) is 16.9 Å². The zero-order valence-electron chi connectivity index (χ0n) is 14.7. The van der Waals surface area contributed by atoms with Crippen LogP contribution in [-0.4, -0.2) is 43.7 Å². The molecule has 0 aliphatic rings.